The lowest BCUT2D eigenvalue weighted by Crippen LogP contribution is -2.42. The largest absolute Gasteiger partial charge is 0.328 e. The summed E-state index contributed by atoms with van der Waals surface area (Å²) in [6.07, 6.45) is 1.27. The predicted octanol–water partition coefficient (Wildman–Crippen LogP) is 3.19. The number of benzene rings is 1. The molecular formula is C21H21FN6O2S. The molecule has 1 fully saturated rings. The number of halogens is 1. The van der Waals surface area contributed by atoms with E-state index in [1.165, 1.54) is 35.8 Å². The Bertz CT molecular complexity index is 1170. The van der Waals surface area contributed by atoms with Crippen molar-refractivity contribution in [2.45, 2.75) is 39.3 Å². The first-order valence-electron chi connectivity index (χ1n) is 10.2. The summed E-state index contributed by atoms with van der Waals surface area (Å²) < 4.78 is 19.6. The first-order valence-corrected chi connectivity index (χ1v) is 11.0. The zero-order valence-corrected chi connectivity index (χ0v) is 18.0. The van der Waals surface area contributed by atoms with Gasteiger partial charge in [-0.15, -0.1) is 0 Å². The lowest BCUT2D eigenvalue weighted by atomic mass is 10.1. The summed E-state index contributed by atoms with van der Waals surface area (Å²) in [5, 5.41) is 0.696. The number of aromatic nitrogens is 4. The molecule has 2 amide bonds. The smallest absolute Gasteiger partial charge is 0.254 e. The normalized spacial score (nSPS) is 18.5. The van der Waals surface area contributed by atoms with Gasteiger partial charge >= 0.3 is 0 Å². The molecule has 2 aliphatic rings. The fourth-order valence-electron chi connectivity index (χ4n) is 4.30. The van der Waals surface area contributed by atoms with Crippen LogP contribution < -0.4 is 4.90 Å². The van der Waals surface area contributed by atoms with Gasteiger partial charge in [-0.05, 0) is 56.1 Å². The third-order valence-corrected chi connectivity index (χ3v) is 6.62. The number of fused-ring (bicyclic) bond motifs is 1. The van der Waals surface area contributed by atoms with E-state index >= 15 is 0 Å². The van der Waals surface area contributed by atoms with Gasteiger partial charge in [-0.1, -0.05) is 0 Å². The van der Waals surface area contributed by atoms with Crippen molar-refractivity contribution in [2.75, 3.05) is 18.0 Å². The lowest BCUT2D eigenvalue weighted by molar-refractivity contribution is -0.117. The maximum absolute atomic E-state index is 13.3. The van der Waals surface area contributed by atoms with Crippen LogP contribution in [0.5, 0.6) is 0 Å². The number of carbonyl (C=O) groups is 2. The van der Waals surface area contributed by atoms with Gasteiger partial charge < -0.3 is 9.47 Å². The van der Waals surface area contributed by atoms with Gasteiger partial charge in [0.15, 0.2) is 16.6 Å². The number of imidazole rings is 1. The monoisotopic (exact) mass is 440 g/mol. The Kier molecular flexibility index (Phi) is 4.81. The number of anilines is 1. The van der Waals surface area contributed by atoms with Crippen molar-refractivity contribution in [1.82, 2.24) is 23.8 Å². The number of carbonyl (C=O) groups excluding carboxylic acids is 2. The second-order valence-corrected chi connectivity index (χ2v) is 8.52. The van der Waals surface area contributed by atoms with Crippen molar-refractivity contribution in [1.29, 1.82) is 0 Å². The van der Waals surface area contributed by atoms with Crippen LogP contribution in [0.4, 0.5) is 10.2 Å². The van der Waals surface area contributed by atoms with Crippen LogP contribution in [0.25, 0.3) is 10.8 Å². The molecule has 0 bridgehead atoms. The Morgan fingerprint density at radius 1 is 1.16 bits per heavy atom. The summed E-state index contributed by atoms with van der Waals surface area (Å²) in [5.74, 6) is 1.42. The Morgan fingerprint density at radius 3 is 2.58 bits per heavy atom. The predicted molar refractivity (Wildman–Crippen MR) is 113 cm³/mol. The van der Waals surface area contributed by atoms with Crippen molar-refractivity contribution in [3.05, 3.63) is 47.2 Å². The third-order valence-electron chi connectivity index (χ3n) is 5.82. The van der Waals surface area contributed by atoms with Crippen molar-refractivity contribution in [3.63, 3.8) is 0 Å². The van der Waals surface area contributed by atoms with Gasteiger partial charge in [0.2, 0.25) is 5.91 Å². The van der Waals surface area contributed by atoms with E-state index < -0.39 is 0 Å². The van der Waals surface area contributed by atoms with Crippen LogP contribution in [0.3, 0.4) is 0 Å². The molecule has 8 nitrogen and oxygen atoms in total. The maximum atomic E-state index is 13.3. The van der Waals surface area contributed by atoms with Gasteiger partial charge in [0, 0.05) is 31.6 Å². The number of amides is 2. The van der Waals surface area contributed by atoms with Crippen LogP contribution >= 0.6 is 11.5 Å². The summed E-state index contributed by atoms with van der Waals surface area (Å²) in [6, 6.07) is 5.25. The molecule has 0 aliphatic carbocycles. The van der Waals surface area contributed by atoms with E-state index in [9.17, 15) is 14.0 Å². The highest BCUT2D eigenvalue weighted by Gasteiger charge is 2.38. The third kappa shape index (κ3) is 3.31. The van der Waals surface area contributed by atoms with Crippen LogP contribution in [-0.2, 0) is 11.3 Å². The summed E-state index contributed by atoms with van der Waals surface area (Å²) >= 11 is 1.27. The Hall–Kier alpha value is -3.14. The van der Waals surface area contributed by atoms with E-state index in [2.05, 4.69) is 13.9 Å². The maximum Gasteiger partial charge on any atom is 0.254 e. The highest BCUT2D eigenvalue weighted by atomic mass is 32.1. The zero-order valence-electron chi connectivity index (χ0n) is 17.2. The summed E-state index contributed by atoms with van der Waals surface area (Å²) in [4.78, 5) is 38.5. The van der Waals surface area contributed by atoms with Crippen LogP contribution in [0.2, 0.25) is 0 Å². The molecule has 2 aromatic heterocycles. The van der Waals surface area contributed by atoms with E-state index in [0.29, 0.717) is 54.1 Å². The van der Waals surface area contributed by atoms with Crippen molar-refractivity contribution < 1.29 is 14.0 Å². The highest BCUT2D eigenvalue weighted by Crippen LogP contribution is 2.39. The minimum absolute atomic E-state index is 0.0371. The topological polar surface area (TPSA) is 84.2 Å². The zero-order chi connectivity index (χ0) is 21.7. The molecule has 5 rings (SSSR count). The number of hydrogen-bond acceptors (Lipinski definition) is 6. The van der Waals surface area contributed by atoms with E-state index in [1.807, 2.05) is 13.8 Å². The average Bonchev–Trinajstić information content (AvgIpc) is 3.46. The molecule has 3 aromatic rings. The Labute approximate surface area is 182 Å². The van der Waals surface area contributed by atoms with Crippen LogP contribution in [-0.4, -0.2) is 48.7 Å². The first-order chi connectivity index (χ1) is 14.9. The molecule has 0 N–H and O–H groups in total. The van der Waals surface area contributed by atoms with E-state index in [-0.39, 0.29) is 23.7 Å². The second kappa shape index (κ2) is 7.52. The lowest BCUT2D eigenvalue weighted by Gasteiger charge is -2.36. The molecule has 0 unspecified atom stereocenters. The number of hydrogen-bond donors (Lipinski definition) is 0. The SMILES string of the molecule is Cc1nsc(-c2nc(N3CCCC3=O)c3n2CCN(C(=O)c2ccc(F)cc2)[C@@H]3C)n1. The van der Waals surface area contributed by atoms with Crippen molar-refractivity contribution in [3.8, 4) is 10.8 Å². The molecule has 1 atom stereocenters. The van der Waals surface area contributed by atoms with Gasteiger partial charge in [0.1, 0.15) is 11.6 Å². The Morgan fingerprint density at radius 2 is 1.94 bits per heavy atom. The number of nitrogens with zero attached hydrogens (tertiary/aromatic N) is 6. The van der Waals surface area contributed by atoms with Gasteiger partial charge in [-0.3, -0.25) is 14.5 Å². The summed E-state index contributed by atoms with van der Waals surface area (Å²) in [7, 11) is 0. The average molecular weight is 441 g/mol. The van der Waals surface area contributed by atoms with Gasteiger partial charge in [-0.2, -0.15) is 4.37 Å². The molecule has 2 aliphatic heterocycles. The first kappa shape index (κ1) is 19.8. The van der Waals surface area contributed by atoms with Crippen LogP contribution in [0.15, 0.2) is 24.3 Å². The van der Waals surface area contributed by atoms with Crippen LogP contribution in [0.1, 0.15) is 47.7 Å². The standard InChI is InChI=1S/C21H21FN6O2S/c1-12-17-18(27-9-3-4-16(27)29)24-19(20-23-13(2)25-31-20)28(17)11-10-26(12)21(30)14-5-7-15(22)8-6-14/h5-8,12H,3-4,9-11H2,1-2H3/t12-/m1/s1. The minimum Gasteiger partial charge on any atom is -0.328 e. The molecule has 1 saturated heterocycles. The van der Waals surface area contributed by atoms with Gasteiger partial charge in [0.05, 0.1) is 11.7 Å². The van der Waals surface area contributed by atoms with E-state index in [1.54, 1.807) is 9.80 Å². The highest BCUT2D eigenvalue weighted by molar-refractivity contribution is 7.09. The van der Waals surface area contributed by atoms with E-state index in [0.717, 1.165) is 12.1 Å². The van der Waals surface area contributed by atoms with Crippen molar-refractivity contribution >= 4 is 29.2 Å². The summed E-state index contributed by atoms with van der Waals surface area (Å²) in [6.45, 7) is 5.37. The fraction of sp³-hybridized carbons (Fsp3) is 0.381. The molecular weight excluding hydrogens is 419 g/mol. The molecule has 0 radical (unpaired) electrons. The van der Waals surface area contributed by atoms with Crippen LogP contribution in [0, 0.1) is 12.7 Å². The van der Waals surface area contributed by atoms with Crippen molar-refractivity contribution in [2.24, 2.45) is 0 Å². The molecule has 31 heavy (non-hydrogen) atoms. The molecule has 0 saturated carbocycles. The molecule has 10 heteroatoms. The molecule has 160 valence electrons. The van der Waals surface area contributed by atoms with Gasteiger partial charge in [0.25, 0.3) is 5.91 Å². The number of aryl methyl sites for hydroxylation is 1. The number of rotatable bonds is 3. The second-order valence-electron chi connectivity index (χ2n) is 7.77. The fourth-order valence-corrected chi connectivity index (χ4v) is 4.97. The molecule has 0 spiro atoms. The molecule has 4 heterocycles. The molecule has 1 aromatic carbocycles. The summed E-state index contributed by atoms with van der Waals surface area (Å²) in [5.41, 5.74) is 1.25. The quantitative estimate of drug-likeness (QED) is 0.625. The Balaban J connectivity index is 1.58. The van der Waals surface area contributed by atoms with E-state index in [4.69, 9.17) is 4.98 Å². The van der Waals surface area contributed by atoms with Gasteiger partial charge in [-0.25, -0.2) is 14.4 Å². The minimum atomic E-state index is -0.381.